The van der Waals surface area contributed by atoms with Crippen molar-refractivity contribution in [2.75, 3.05) is 5.32 Å². The molecule has 0 aromatic heterocycles. The van der Waals surface area contributed by atoms with Crippen molar-refractivity contribution in [2.24, 2.45) is 0 Å². The molecule has 0 atom stereocenters. The van der Waals surface area contributed by atoms with Crippen LogP contribution in [0, 0.1) is 0 Å². The first-order chi connectivity index (χ1) is 7.88. The average molecular weight is 235 g/mol. The van der Waals surface area contributed by atoms with Crippen molar-refractivity contribution >= 4 is 17.6 Å². The summed E-state index contributed by atoms with van der Waals surface area (Å²) in [6.07, 6.45) is -0.0522. The summed E-state index contributed by atoms with van der Waals surface area (Å²) in [5, 5.41) is 11.7. The number of carbonyl (C=O) groups excluding carboxylic acids is 1. The zero-order valence-electron chi connectivity index (χ0n) is 9.61. The monoisotopic (exact) mass is 235 g/mol. The first-order valence-corrected chi connectivity index (χ1v) is 5.24. The molecule has 5 nitrogen and oxygen atoms in total. The molecule has 0 bridgehead atoms. The summed E-state index contributed by atoms with van der Waals surface area (Å²) in [7, 11) is 0. The van der Waals surface area contributed by atoms with Gasteiger partial charge in [-0.15, -0.1) is 0 Å². The third kappa shape index (κ3) is 2.22. The van der Waals surface area contributed by atoms with Gasteiger partial charge < -0.3 is 15.2 Å². The number of nitrogens with one attached hydrogen (secondary N) is 1. The molecule has 1 aromatic rings. The van der Waals surface area contributed by atoms with Gasteiger partial charge >= 0.3 is 11.9 Å². The van der Waals surface area contributed by atoms with Crippen LogP contribution >= 0.6 is 0 Å². The zero-order chi connectivity index (χ0) is 12.6. The molecule has 0 aliphatic carbocycles. The molecule has 2 rings (SSSR count). The molecule has 0 radical (unpaired) electrons. The molecule has 2 N–H and O–H groups in total. The molecule has 0 unspecified atom stereocenters. The van der Waals surface area contributed by atoms with E-state index in [0.717, 1.165) is 0 Å². The van der Waals surface area contributed by atoms with E-state index in [9.17, 15) is 9.59 Å². The number of benzene rings is 1. The van der Waals surface area contributed by atoms with Gasteiger partial charge in [-0.3, -0.25) is 4.79 Å². The summed E-state index contributed by atoms with van der Waals surface area (Å²) in [5.41, 5.74) is 0.514. The third-order valence-electron chi connectivity index (χ3n) is 2.56. The van der Waals surface area contributed by atoms with Crippen LogP contribution in [-0.2, 0) is 16.0 Å². The van der Waals surface area contributed by atoms with Gasteiger partial charge in [0.2, 0.25) is 0 Å². The van der Waals surface area contributed by atoms with Crippen molar-refractivity contribution in [1.82, 2.24) is 0 Å². The predicted octanol–water partition coefficient (Wildman–Crippen LogP) is 1.42. The van der Waals surface area contributed by atoms with E-state index in [2.05, 4.69) is 5.32 Å². The second-order valence-electron chi connectivity index (χ2n) is 4.54. The molecule has 0 saturated carbocycles. The van der Waals surface area contributed by atoms with Gasteiger partial charge in [0.15, 0.2) is 5.75 Å². The Labute approximate surface area is 98.4 Å². The molecule has 17 heavy (non-hydrogen) atoms. The summed E-state index contributed by atoms with van der Waals surface area (Å²) in [4.78, 5) is 22.2. The lowest BCUT2D eigenvalue weighted by atomic mass is 10.0. The Morgan fingerprint density at radius 1 is 1.47 bits per heavy atom. The van der Waals surface area contributed by atoms with Crippen LogP contribution in [-0.4, -0.2) is 22.6 Å². The Morgan fingerprint density at radius 2 is 2.18 bits per heavy atom. The predicted molar refractivity (Wildman–Crippen MR) is 61.1 cm³/mol. The van der Waals surface area contributed by atoms with Crippen molar-refractivity contribution < 1.29 is 19.4 Å². The molecule has 1 aromatic carbocycles. The fraction of sp³-hybridized carbons (Fsp3) is 0.333. The van der Waals surface area contributed by atoms with Crippen LogP contribution in [0.1, 0.15) is 19.4 Å². The van der Waals surface area contributed by atoms with Crippen molar-refractivity contribution in [1.29, 1.82) is 0 Å². The SMILES string of the molecule is CC1(C)Nc2cc(CC(=O)O)ccc2OC1=O. The van der Waals surface area contributed by atoms with E-state index in [4.69, 9.17) is 9.84 Å². The van der Waals surface area contributed by atoms with Crippen LogP contribution in [0.25, 0.3) is 0 Å². The maximum atomic E-state index is 11.6. The van der Waals surface area contributed by atoms with Gasteiger partial charge in [-0.2, -0.15) is 0 Å². The lowest BCUT2D eigenvalue weighted by Crippen LogP contribution is -2.46. The van der Waals surface area contributed by atoms with E-state index in [1.807, 2.05) is 0 Å². The lowest BCUT2D eigenvalue weighted by molar-refractivity contribution is -0.139. The minimum absolute atomic E-state index is 0.0522. The van der Waals surface area contributed by atoms with E-state index in [0.29, 0.717) is 17.0 Å². The molecule has 1 aliphatic heterocycles. The van der Waals surface area contributed by atoms with Gasteiger partial charge in [0.1, 0.15) is 5.54 Å². The maximum absolute atomic E-state index is 11.6. The highest BCUT2D eigenvalue weighted by atomic mass is 16.5. The van der Waals surface area contributed by atoms with Gasteiger partial charge in [-0.1, -0.05) is 6.07 Å². The average Bonchev–Trinajstić information content (AvgIpc) is 2.18. The standard InChI is InChI=1S/C12H13NO4/c1-12(2)11(16)17-9-4-3-7(6-10(14)15)5-8(9)13-12/h3-5,13H,6H2,1-2H3,(H,14,15). The van der Waals surface area contributed by atoms with Crippen molar-refractivity contribution in [3.05, 3.63) is 23.8 Å². The number of carbonyl (C=O) groups is 2. The number of esters is 1. The van der Waals surface area contributed by atoms with Crippen molar-refractivity contribution in [3.8, 4) is 5.75 Å². The molecule has 0 spiro atoms. The van der Waals surface area contributed by atoms with Gasteiger partial charge in [-0.25, -0.2) is 4.79 Å². The Bertz CT molecular complexity index is 493. The van der Waals surface area contributed by atoms with Crippen molar-refractivity contribution in [2.45, 2.75) is 25.8 Å². The Hall–Kier alpha value is -2.04. The summed E-state index contributed by atoms with van der Waals surface area (Å²) in [6, 6.07) is 4.94. The van der Waals surface area contributed by atoms with Crippen LogP contribution in [0.5, 0.6) is 5.75 Å². The zero-order valence-corrected chi connectivity index (χ0v) is 9.61. The summed E-state index contributed by atoms with van der Waals surface area (Å²) >= 11 is 0. The van der Waals surface area contributed by atoms with Gasteiger partial charge in [0.25, 0.3) is 0 Å². The second kappa shape index (κ2) is 3.76. The fourth-order valence-corrected chi connectivity index (χ4v) is 1.66. The summed E-state index contributed by atoms with van der Waals surface area (Å²) < 4.78 is 5.16. The van der Waals surface area contributed by atoms with Gasteiger partial charge in [-0.05, 0) is 31.5 Å². The van der Waals surface area contributed by atoms with Gasteiger partial charge in [0, 0.05) is 0 Å². The second-order valence-corrected chi connectivity index (χ2v) is 4.54. The number of anilines is 1. The number of hydrogen-bond donors (Lipinski definition) is 2. The van der Waals surface area contributed by atoms with E-state index < -0.39 is 11.5 Å². The number of carboxylic acid groups (broad SMARTS) is 1. The molecule has 0 fully saturated rings. The first-order valence-electron chi connectivity index (χ1n) is 5.24. The third-order valence-corrected chi connectivity index (χ3v) is 2.56. The highest BCUT2D eigenvalue weighted by Gasteiger charge is 2.35. The van der Waals surface area contributed by atoms with Crippen LogP contribution in [0.4, 0.5) is 5.69 Å². The van der Waals surface area contributed by atoms with E-state index in [1.165, 1.54) is 0 Å². The topological polar surface area (TPSA) is 75.6 Å². The Morgan fingerprint density at radius 3 is 2.82 bits per heavy atom. The Balaban J connectivity index is 2.34. The Kier molecular flexibility index (Phi) is 2.53. The number of hydrogen-bond acceptors (Lipinski definition) is 4. The normalized spacial score (nSPS) is 16.7. The maximum Gasteiger partial charge on any atom is 0.336 e. The lowest BCUT2D eigenvalue weighted by Gasteiger charge is -2.31. The highest BCUT2D eigenvalue weighted by Crippen LogP contribution is 2.33. The summed E-state index contributed by atoms with van der Waals surface area (Å²) in [6.45, 7) is 3.42. The molecule has 90 valence electrons. The first kappa shape index (κ1) is 11.4. The fourth-order valence-electron chi connectivity index (χ4n) is 1.66. The van der Waals surface area contributed by atoms with Crippen LogP contribution in [0.15, 0.2) is 18.2 Å². The quantitative estimate of drug-likeness (QED) is 0.599. The van der Waals surface area contributed by atoms with Gasteiger partial charge in [0.05, 0.1) is 12.1 Å². The highest BCUT2D eigenvalue weighted by molar-refractivity contribution is 5.90. The van der Waals surface area contributed by atoms with E-state index in [1.54, 1.807) is 32.0 Å². The van der Waals surface area contributed by atoms with Crippen LogP contribution in [0.2, 0.25) is 0 Å². The molecular formula is C12H13NO4. The smallest absolute Gasteiger partial charge is 0.336 e. The minimum Gasteiger partial charge on any atom is -0.481 e. The van der Waals surface area contributed by atoms with Crippen LogP contribution in [0.3, 0.4) is 0 Å². The van der Waals surface area contributed by atoms with Crippen molar-refractivity contribution in [3.63, 3.8) is 0 Å². The minimum atomic E-state index is -0.892. The number of carboxylic acids is 1. The molecule has 1 heterocycles. The van der Waals surface area contributed by atoms with E-state index in [-0.39, 0.29) is 12.4 Å². The number of ether oxygens (including phenoxy) is 1. The molecule has 0 amide bonds. The molecule has 0 saturated heterocycles. The molecule has 1 aliphatic rings. The number of aliphatic carboxylic acids is 1. The largest absolute Gasteiger partial charge is 0.481 e. The van der Waals surface area contributed by atoms with E-state index >= 15 is 0 Å². The number of fused-ring (bicyclic) bond motifs is 1. The van der Waals surface area contributed by atoms with Crippen LogP contribution < -0.4 is 10.1 Å². The molecule has 5 heteroatoms. The summed E-state index contributed by atoms with van der Waals surface area (Å²) in [5.74, 6) is -0.809. The molecular weight excluding hydrogens is 222 g/mol. The number of rotatable bonds is 2.